The minimum absolute atomic E-state index is 0.00333. The molecule has 11 heteroatoms. The highest BCUT2D eigenvalue weighted by Crippen LogP contribution is 2.34. The van der Waals surface area contributed by atoms with Gasteiger partial charge in [0.1, 0.15) is 21.7 Å². The molecular formula is C23H17N3O5S3. The lowest BCUT2D eigenvalue weighted by Crippen LogP contribution is -2.31. The molecule has 3 aromatic rings. The average molecular weight is 512 g/mol. The molecular weight excluding hydrogens is 494 g/mol. The number of pyridine rings is 1. The van der Waals surface area contributed by atoms with Gasteiger partial charge < -0.3 is 9.52 Å². The molecule has 172 valence electrons. The number of rotatable bonds is 7. The summed E-state index contributed by atoms with van der Waals surface area (Å²) in [5.41, 5.74) is -1.01. The number of nitrogens with zero attached hydrogens (tertiary/aromatic N) is 3. The number of amides is 1. The van der Waals surface area contributed by atoms with Crippen molar-refractivity contribution in [3.05, 3.63) is 78.5 Å². The average Bonchev–Trinajstić information content (AvgIpc) is 3.55. The largest absolute Gasteiger partial charge is 0.494 e. The lowest BCUT2D eigenvalue weighted by atomic mass is 10.00. The summed E-state index contributed by atoms with van der Waals surface area (Å²) in [5.74, 6) is -0.988. The van der Waals surface area contributed by atoms with Crippen LogP contribution in [-0.4, -0.2) is 37.1 Å². The van der Waals surface area contributed by atoms with E-state index in [1.54, 1.807) is 18.2 Å². The number of hydrogen-bond acceptors (Lipinski definition) is 9. The minimum Gasteiger partial charge on any atom is -0.494 e. The molecule has 34 heavy (non-hydrogen) atoms. The van der Waals surface area contributed by atoms with E-state index < -0.39 is 17.2 Å². The van der Waals surface area contributed by atoms with Gasteiger partial charge in [-0.2, -0.15) is 5.26 Å². The van der Waals surface area contributed by atoms with E-state index in [-0.39, 0.29) is 42.1 Å². The number of thioether (sulfide) groups is 1. The van der Waals surface area contributed by atoms with Gasteiger partial charge >= 0.3 is 0 Å². The first-order valence-corrected chi connectivity index (χ1v) is 12.1. The Morgan fingerprint density at radius 3 is 2.76 bits per heavy atom. The number of nitriles is 1. The highest BCUT2D eigenvalue weighted by Gasteiger charge is 2.33. The fourth-order valence-electron chi connectivity index (χ4n) is 3.52. The zero-order valence-electron chi connectivity index (χ0n) is 17.8. The van der Waals surface area contributed by atoms with E-state index >= 15 is 0 Å². The van der Waals surface area contributed by atoms with E-state index in [0.717, 1.165) is 21.2 Å². The van der Waals surface area contributed by atoms with Crippen molar-refractivity contribution in [1.82, 2.24) is 9.47 Å². The summed E-state index contributed by atoms with van der Waals surface area (Å²) >= 11 is 7.98. The molecule has 0 aliphatic carbocycles. The quantitative estimate of drug-likeness (QED) is 0.288. The van der Waals surface area contributed by atoms with Crippen LogP contribution in [0.15, 0.2) is 50.0 Å². The van der Waals surface area contributed by atoms with E-state index in [1.165, 1.54) is 29.4 Å². The summed E-state index contributed by atoms with van der Waals surface area (Å²) in [6.45, 7) is 1.30. The van der Waals surface area contributed by atoms with Crippen molar-refractivity contribution in [1.29, 1.82) is 5.26 Å². The number of thiophene rings is 1. The maximum absolute atomic E-state index is 13.1. The molecule has 8 nitrogen and oxygen atoms in total. The predicted octanol–water partition coefficient (Wildman–Crippen LogP) is 3.91. The van der Waals surface area contributed by atoms with Gasteiger partial charge in [-0.15, -0.1) is 11.3 Å². The zero-order chi connectivity index (χ0) is 24.4. The Kier molecular flexibility index (Phi) is 6.83. The zero-order valence-corrected chi connectivity index (χ0v) is 20.3. The van der Waals surface area contributed by atoms with Gasteiger partial charge in [0.15, 0.2) is 5.78 Å². The number of carbonyl (C=O) groups excluding carboxylic acids is 2. The van der Waals surface area contributed by atoms with Crippen molar-refractivity contribution in [2.75, 3.05) is 6.54 Å². The maximum atomic E-state index is 13.1. The van der Waals surface area contributed by atoms with Crippen LogP contribution < -0.4 is 5.56 Å². The lowest BCUT2D eigenvalue weighted by Gasteiger charge is -2.17. The number of aromatic hydroxyl groups is 1. The molecule has 0 spiro atoms. The number of hydrogen-bond donors (Lipinski definition) is 1. The molecule has 0 atom stereocenters. The molecule has 1 aliphatic rings. The number of thiocarbonyl (C=S) groups is 1. The van der Waals surface area contributed by atoms with Crippen LogP contribution in [-0.2, 0) is 11.3 Å². The second-order valence-electron chi connectivity index (χ2n) is 7.30. The number of aromatic nitrogens is 1. The first-order valence-electron chi connectivity index (χ1n) is 10.0. The molecule has 1 saturated heterocycles. The Morgan fingerprint density at radius 1 is 1.32 bits per heavy atom. The molecule has 0 aromatic carbocycles. The molecule has 4 rings (SSSR count). The Hall–Kier alpha value is -3.46. The van der Waals surface area contributed by atoms with Crippen molar-refractivity contribution < 1.29 is 19.1 Å². The smallest absolute Gasteiger partial charge is 0.271 e. The van der Waals surface area contributed by atoms with Crippen LogP contribution in [0.5, 0.6) is 5.88 Å². The normalized spacial score (nSPS) is 14.7. The van der Waals surface area contributed by atoms with Gasteiger partial charge in [-0.05, 0) is 42.1 Å². The Balaban J connectivity index is 1.59. The summed E-state index contributed by atoms with van der Waals surface area (Å²) in [7, 11) is 0. The molecule has 1 amide bonds. The Labute approximate surface area is 207 Å². The lowest BCUT2D eigenvalue weighted by molar-refractivity contribution is -0.122. The molecule has 1 N–H and O–H groups in total. The standard InChI is InChI=1S/C23H17N3O5S3/c1-13-16(11-24)20(28)26(12-14-4-2-8-31-14)22(30)19(13)17(27)6-7-25-21(29)18(34-23(25)32)10-15-5-3-9-33-15/h2-5,8-10,30H,6-7,12H2,1H3/b18-10-. The van der Waals surface area contributed by atoms with E-state index in [0.29, 0.717) is 15.0 Å². The van der Waals surface area contributed by atoms with E-state index in [2.05, 4.69) is 0 Å². The van der Waals surface area contributed by atoms with Crippen molar-refractivity contribution >= 4 is 57.4 Å². The SMILES string of the molecule is Cc1c(C(=O)CCN2C(=O)/C(=C/c3cccs3)SC2=S)c(O)n(Cc2ccco2)c(=O)c1C#N. The summed E-state index contributed by atoms with van der Waals surface area (Å²) in [6.07, 6.45) is 3.01. The number of Topliss-reactive ketones (excluding diaryl/α,β-unsaturated/α-hetero) is 1. The van der Waals surface area contributed by atoms with Crippen LogP contribution in [0.25, 0.3) is 6.08 Å². The van der Waals surface area contributed by atoms with Crippen LogP contribution in [0.3, 0.4) is 0 Å². The third kappa shape index (κ3) is 4.48. The van der Waals surface area contributed by atoms with Crippen LogP contribution in [0.2, 0.25) is 0 Å². The van der Waals surface area contributed by atoms with Gasteiger partial charge in [-0.25, -0.2) is 0 Å². The second kappa shape index (κ2) is 9.80. The predicted molar refractivity (Wildman–Crippen MR) is 133 cm³/mol. The van der Waals surface area contributed by atoms with Crippen LogP contribution >= 0.6 is 35.3 Å². The van der Waals surface area contributed by atoms with Gasteiger partial charge in [-0.1, -0.05) is 30.0 Å². The third-order valence-corrected chi connectivity index (χ3v) is 7.42. The fraction of sp³-hybridized carbons (Fsp3) is 0.174. The summed E-state index contributed by atoms with van der Waals surface area (Å²) in [5, 5.41) is 22.2. The summed E-state index contributed by atoms with van der Waals surface area (Å²) in [4.78, 5) is 41.4. The highest BCUT2D eigenvalue weighted by atomic mass is 32.2. The summed E-state index contributed by atoms with van der Waals surface area (Å²) < 4.78 is 6.50. The van der Waals surface area contributed by atoms with Gasteiger partial charge in [-0.3, -0.25) is 23.9 Å². The molecule has 1 aliphatic heterocycles. The van der Waals surface area contributed by atoms with Gasteiger partial charge in [0.25, 0.3) is 11.5 Å². The Morgan fingerprint density at radius 2 is 2.12 bits per heavy atom. The number of furan rings is 1. The molecule has 1 fully saturated rings. The van der Waals surface area contributed by atoms with E-state index in [4.69, 9.17) is 16.6 Å². The first-order chi connectivity index (χ1) is 16.3. The van der Waals surface area contributed by atoms with E-state index in [1.807, 2.05) is 23.6 Å². The Bertz CT molecular complexity index is 1410. The van der Waals surface area contributed by atoms with Crippen molar-refractivity contribution in [2.45, 2.75) is 19.9 Å². The van der Waals surface area contributed by atoms with Crippen molar-refractivity contribution in [3.63, 3.8) is 0 Å². The second-order valence-corrected chi connectivity index (χ2v) is 9.96. The first kappa shape index (κ1) is 23.7. The number of ketones is 1. The third-order valence-electron chi connectivity index (χ3n) is 5.23. The van der Waals surface area contributed by atoms with Gasteiger partial charge in [0.05, 0.1) is 23.3 Å². The molecule has 4 heterocycles. The fourth-order valence-corrected chi connectivity index (χ4v) is 5.55. The van der Waals surface area contributed by atoms with Crippen molar-refractivity contribution in [3.8, 4) is 11.9 Å². The number of carbonyl (C=O) groups is 2. The van der Waals surface area contributed by atoms with E-state index in [9.17, 15) is 24.8 Å². The van der Waals surface area contributed by atoms with Crippen molar-refractivity contribution in [2.24, 2.45) is 0 Å². The van der Waals surface area contributed by atoms with Crippen LogP contribution in [0, 0.1) is 18.3 Å². The topological polar surface area (TPSA) is 117 Å². The molecule has 0 radical (unpaired) electrons. The monoisotopic (exact) mass is 511 g/mol. The van der Waals surface area contributed by atoms with Gasteiger partial charge in [0.2, 0.25) is 5.88 Å². The molecule has 0 unspecified atom stereocenters. The molecule has 0 saturated carbocycles. The maximum Gasteiger partial charge on any atom is 0.271 e. The molecule has 3 aromatic heterocycles. The van der Waals surface area contributed by atoms with Gasteiger partial charge in [0, 0.05) is 17.8 Å². The highest BCUT2D eigenvalue weighted by molar-refractivity contribution is 8.26. The van der Waals surface area contributed by atoms with Crippen LogP contribution in [0.1, 0.15) is 38.5 Å². The molecule has 0 bridgehead atoms. The van der Waals surface area contributed by atoms with Crippen LogP contribution in [0.4, 0.5) is 0 Å². The summed E-state index contributed by atoms with van der Waals surface area (Å²) in [6, 6.07) is 8.82. The minimum atomic E-state index is -0.721.